The van der Waals surface area contributed by atoms with Crippen LogP contribution in [0.25, 0.3) is 0 Å². The fraction of sp³-hybridized carbons (Fsp3) is 0.667. The van der Waals surface area contributed by atoms with Crippen molar-refractivity contribution in [2.45, 2.75) is 9.10 Å². The molecule has 2 fully saturated rings. The summed E-state index contributed by atoms with van der Waals surface area (Å²) in [5.41, 5.74) is 0. The zero-order chi connectivity index (χ0) is 17.4. The normalized spacial score (nSPS) is 21.9. The van der Waals surface area contributed by atoms with Gasteiger partial charge in [0.25, 0.3) is 10.0 Å². The molecule has 0 atom stereocenters. The Bertz CT molecular complexity index is 795. The van der Waals surface area contributed by atoms with Crippen LogP contribution in [0.15, 0.2) is 15.2 Å². The molecule has 2 aliphatic rings. The van der Waals surface area contributed by atoms with Gasteiger partial charge >= 0.3 is 0 Å². The van der Waals surface area contributed by atoms with Crippen LogP contribution < -0.4 is 0 Å². The monoisotopic (exact) mass is 416 g/mol. The molecular weight excluding hydrogens is 400 g/mol. The second-order valence-electron chi connectivity index (χ2n) is 5.24. The van der Waals surface area contributed by atoms with Gasteiger partial charge in [0.1, 0.15) is 13.4 Å². The highest BCUT2D eigenvalue weighted by atomic mass is 35.5. The Labute approximate surface area is 150 Å². The summed E-state index contributed by atoms with van der Waals surface area (Å²) in [7, 11) is -7.61. The molecule has 2 saturated heterocycles. The van der Waals surface area contributed by atoms with Crippen molar-refractivity contribution in [2.24, 2.45) is 0 Å². The van der Waals surface area contributed by atoms with E-state index in [1.54, 1.807) is 0 Å². The largest absolute Gasteiger partial charge is 0.379 e. The SMILES string of the molecule is O=S(=O)(c1cc(S(=O)(=O)N2CCOCC2)c(Cl)s1)N1CCOCC1. The Hall–Kier alpha value is -0.270. The van der Waals surface area contributed by atoms with Gasteiger partial charge in [0.2, 0.25) is 10.0 Å². The van der Waals surface area contributed by atoms with E-state index >= 15 is 0 Å². The third-order valence-corrected chi connectivity index (χ3v) is 9.66. The van der Waals surface area contributed by atoms with E-state index in [1.165, 1.54) is 8.61 Å². The molecule has 0 aliphatic carbocycles. The van der Waals surface area contributed by atoms with Crippen LogP contribution in [0.2, 0.25) is 4.34 Å². The van der Waals surface area contributed by atoms with Crippen LogP contribution in [0.1, 0.15) is 0 Å². The highest BCUT2D eigenvalue weighted by molar-refractivity contribution is 7.92. The lowest BCUT2D eigenvalue weighted by Crippen LogP contribution is -2.41. The molecule has 3 heterocycles. The molecule has 1 aromatic rings. The van der Waals surface area contributed by atoms with Crippen LogP contribution >= 0.6 is 22.9 Å². The van der Waals surface area contributed by atoms with E-state index in [1.807, 2.05) is 0 Å². The zero-order valence-corrected chi connectivity index (χ0v) is 15.9. The number of rotatable bonds is 4. The molecule has 0 N–H and O–H groups in total. The van der Waals surface area contributed by atoms with Crippen LogP contribution in [-0.4, -0.2) is 78.1 Å². The van der Waals surface area contributed by atoms with Crippen molar-refractivity contribution in [2.75, 3.05) is 52.6 Å². The van der Waals surface area contributed by atoms with E-state index in [0.717, 1.165) is 17.4 Å². The van der Waals surface area contributed by atoms with Crippen molar-refractivity contribution < 1.29 is 26.3 Å². The number of hydrogen-bond acceptors (Lipinski definition) is 7. The Morgan fingerprint density at radius 3 is 1.83 bits per heavy atom. The van der Waals surface area contributed by atoms with Crippen LogP contribution in [0, 0.1) is 0 Å². The van der Waals surface area contributed by atoms with E-state index in [-0.39, 0.29) is 39.6 Å². The number of halogens is 1. The molecule has 12 heteroatoms. The van der Waals surface area contributed by atoms with Crippen molar-refractivity contribution in [1.82, 2.24) is 8.61 Å². The summed E-state index contributed by atoms with van der Waals surface area (Å²) < 4.78 is 63.4. The van der Waals surface area contributed by atoms with Gasteiger partial charge in [-0.3, -0.25) is 0 Å². The smallest absolute Gasteiger partial charge is 0.252 e. The fourth-order valence-corrected chi connectivity index (χ4v) is 7.83. The van der Waals surface area contributed by atoms with Gasteiger partial charge in [-0.25, -0.2) is 16.8 Å². The molecule has 8 nitrogen and oxygen atoms in total. The first kappa shape index (κ1) is 18.5. The molecule has 1 aromatic heterocycles. The predicted octanol–water partition coefficient (Wildman–Crippen LogP) is 0.443. The summed E-state index contributed by atoms with van der Waals surface area (Å²) >= 11 is 6.83. The molecule has 0 saturated carbocycles. The van der Waals surface area contributed by atoms with Gasteiger partial charge < -0.3 is 9.47 Å². The molecule has 24 heavy (non-hydrogen) atoms. The van der Waals surface area contributed by atoms with Crippen molar-refractivity contribution in [3.63, 3.8) is 0 Å². The second kappa shape index (κ2) is 7.16. The summed E-state index contributed by atoms with van der Waals surface area (Å²) in [6.07, 6.45) is 0. The maximum atomic E-state index is 12.7. The van der Waals surface area contributed by atoms with Gasteiger partial charge in [0.15, 0.2) is 0 Å². The molecule has 0 aromatic carbocycles. The maximum Gasteiger partial charge on any atom is 0.252 e. The van der Waals surface area contributed by atoms with E-state index < -0.39 is 20.0 Å². The first-order valence-corrected chi connectivity index (χ1v) is 11.4. The lowest BCUT2D eigenvalue weighted by atomic mass is 10.5. The van der Waals surface area contributed by atoms with Crippen LogP contribution in [-0.2, 0) is 29.5 Å². The van der Waals surface area contributed by atoms with Crippen molar-refractivity contribution in [1.29, 1.82) is 0 Å². The van der Waals surface area contributed by atoms with Crippen molar-refractivity contribution >= 4 is 43.0 Å². The minimum atomic E-state index is -3.84. The predicted molar refractivity (Wildman–Crippen MR) is 88.5 cm³/mol. The van der Waals surface area contributed by atoms with Gasteiger partial charge in [-0.2, -0.15) is 8.61 Å². The molecule has 0 amide bonds. The Kier molecular flexibility index (Phi) is 5.52. The number of hydrogen-bond donors (Lipinski definition) is 0. The number of morpholine rings is 2. The number of nitrogens with zero attached hydrogens (tertiary/aromatic N) is 2. The summed E-state index contributed by atoms with van der Waals surface area (Å²) in [5.74, 6) is 0. The zero-order valence-electron chi connectivity index (χ0n) is 12.7. The third-order valence-electron chi connectivity index (χ3n) is 3.78. The van der Waals surface area contributed by atoms with Crippen LogP contribution in [0.4, 0.5) is 0 Å². The standard InChI is InChI=1S/C12H17ClN2O6S3/c13-12-10(23(16,17)14-1-5-20-6-2-14)9-11(22-12)24(18,19)15-3-7-21-8-4-15/h9H,1-8H2. The van der Waals surface area contributed by atoms with Gasteiger partial charge in [-0.1, -0.05) is 11.6 Å². The van der Waals surface area contributed by atoms with E-state index in [9.17, 15) is 16.8 Å². The fourth-order valence-electron chi connectivity index (χ4n) is 2.48. The van der Waals surface area contributed by atoms with Crippen LogP contribution in [0.5, 0.6) is 0 Å². The molecule has 0 unspecified atom stereocenters. The average molecular weight is 417 g/mol. The average Bonchev–Trinajstić information content (AvgIpc) is 3.00. The summed E-state index contributed by atoms with van der Waals surface area (Å²) in [5, 5.41) is 0. The van der Waals surface area contributed by atoms with Gasteiger partial charge in [0.05, 0.1) is 26.4 Å². The lowest BCUT2D eigenvalue weighted by molar-refractivity contribution is 0.0729. The van der Waals surface area contributed by atoms with E-state index in [0.29, 0.717) is 26.4 Å². The van der Waals surface area contributed by atoms with Crippen molar-refractivity contribution in [3.8, 4) is 0 Å². The highest BCUT2D eigenvalue weighted by Gasteiger charge is 2.34. The number of thiophene rings is 1. The summed E-state index contributed by atoms with van der Waals surface area (Å²) in [6, 6.07) is 1.16. The first-order chi connectivity index (χ1) is 11.3. The van der Waals surface area contributed by atoms with Crippen LogP contribution in [0.3, 0.4) is 0 Å². The molecule has 3 rings (SSSR count). The highest BCUT2D eigenvalue weighted by Crippen LogP contribution is 2.37. The second-order valence-corrected chi connectivity index (χ2v) is 11.0. The minimum absolute atomic E-state index is 0.0478. The molecule has 136 valence electrons. The van der Waals surface area contributed by atoms with Crippen molar-refractivity contribution in [3.05, 3.63) is 10.4 Å². The molecular formula is C12H17ClN2O6S3. The molecule has 0 spiro atoms. The number of ether oxygens (including phenoxy) is 2. The summed E-state index contributed by atoms with van der Waals surface area (Å²) in [6.45, 7) is 2.17. The Balaban J connectivity index is 1.92. The topological polar surface area (TPSA) is 93.2 Å². The van der Waals surface area contributed by atoms with E-state index in [4.69, 9.17) is 21.1 Å². The van der Waals surface area contributed by atoms with Gasteiger partial charge in [-0.05, 0) is 6.07 Å². The quantitative estimate of drug-likeness (QED) is 0.707. The molecule has 2 aliphatic heterocycles. The lowest BCUT2D eigenvalue weighted by Gasteiger charge is -2.26. The van der Waals surface area contributed by atoms with E-state index in [2.05, 4.69) is 0 Å². The third kappa shape index (κ3) is 3.49. The Morgan fingerprint density at radius 2 is 1.33 bits per heavy atom. The maximum absolute atomic E-state index is 12.7. The molecule has 0 radical (unpaired) electrons. The first-order valence-electron chi connectivity index (χ1n) is 7.28. The molecule has 0 bridgehead atoms. The minimum Gasteiger partial charge on any atom is -0.379 e. The Morgan fingerprint density at radius 1 is 0.875 bits per heavy atom. The summed E-state index contributed by atoms with van der Waals surface area (Å²) in [4.78, 5) is -0.164. The van der Waals surface area contributed by atoms with Gasteiger partial charge in [0, 0.05) is 26.2 Å². The number of sulfonamides is 2. The van der Waals surface area contributed by atoms with Gasteiger partial charge in [-0.15, -0.1) is 11.3 Å².